The van der Waals surface area contributed by atoms with Gasteiger partial charge in [0.05, 0.1) is 10.0 Å². The van der Waals surface area contributed by atoms with Crippen molar-refractivity contribution >= 4 is 23.2 Å². The van der Waals surface area contributed by atoms with E-state index in [2.05, 4.69) is 13.8 Å². The van der Waals surface area contributed by atoms with Crippen LogP contribution >= 0.6 is 23.2 Å². The van der Waals surface area contributed by atoms with Gasteiger partial charge in [-0.3, -0.25) is 0 Å². The zero-order chi connectivity index (χ0) is 12.2. The van der Waals surface area contributed by atoms with Gasteiger partial charge in [-0.05, 0) is 30.5 Å². The molecular formula is C13H19Cl2N. The normalized spacial score (nSPS) is 11.8. The Morgan fingerprint density at radius 2 is 1.62 bits per heavy atom. The Morgan fingerprint density at radius 3 is 2.06 bits per heavy atom. The lowest BCUT2D eigenvalue weighted by Crippen LogP contribution is -2.36. The van der Waals surface area contributed by atoms with Crippen molar-refractivity contribution in [2.75, 3.05) is 0 Å². The van der Waals surface area contributed by atoms with Gasteiger partial charge in [-0.2, -0.15) is 0 Å². The van der Waals surface area contributed by atoms with Crippen molar-refractivity contribution in [3.63, 3.8) is 0 Å². The minimum Gasteiger partial charge on any atom is -0.321 e. The zero-order valence-corrected chi connectivity index (χ0v) is 11.4. The second-order valence-corrected chi connectivity index (χ2v) is 5.10. The van der Waals surface area contributed by atoms with Gasteiger partial charge in [0.15, 0.2) is 0 Å². The van der Waals surface area contributed by atoms with Gasteiger partial charge in [0, 0.05) is 5.54 Å². The highest BCUT2D eigenvalue weighted by Gasteiger charge is 2.25. The van der Waals surface area contributed by atoms with E-state index < -0.39 is 0 Å². The molecule has 0 radical (unpaired) electrons. The van der Waals surface area contributed by atoms with Crippen molar-refractivity contribution in [3.8, 4) is 0 Å². The van der Waals surface area contributed by atoms with E-state index >= 15 is 0 Å². The highest BCUT2D eigenvalue weighted by atomic mass is 35.5. The molecule has 90 valence electrons. The molecule has 3 heteroatoms. The summed E-state index contributed by atoms with van der Waals surface area (Å²) in [6.07, 6.45) is 4.07. The number of hydrogen-bond donors (Lipinski definition) is 1. The van der Waals surface area contributed by atoms with Crippen LogP contribution in [0.2, 0.25) is 10.0 Å². The summed E-state index contributed by atoms with van der Waals surface area (Å²) < 4.78 is 0. The van der Waals surface area contributed by atoms with Crippen LogP contribution in [-0.4, -0.2) is 0 Å². The van der Waals surface area contributed by atoms with Crippen molar-refractivity contribution < 1.29 is 0 Å². The first-order valence-electron chi connectivity index (χ1n) is 5.78. The van der Waals surface area contributed by atoms with Crippen LogP contribution in [-0.2, 0) is 5.54 Å². The predicted molar refractivity (Wildman–Crippen MR) is 72.1 cm³/mol. The molecule has 0 amide bonds. The molecule has 0 atom stereocenters. The van der Waals surface area contributed by atoms with E-state index in [9.17, 15) is 0 Å². The molecule has 0 fully saturated rings. The molecule has 0 unspecified atom stereocenters. The van der Waals surface area contributed by atoms with Gasteiger partial charge in [-0.1, -0.05) is 56.0 Å². The van der Waals surface area contributed by atoms with Gasteiger partial charge in [0.25, 0.3) is 0 Å². The average molecular weight is 260 g/mol. The van der Waals surface area contributed by atoms with E-state index in [0.717, 1.165) is 31.2 Å². The zero-order valence-electron chi connectivity index (χ0n) is 9.89. The summed E-state index contributed by atoms with van der Waals surface area (Å²) in [4.78, 5) is 0. The Hall–Kier alpha value is -0.240. The fraction of sp³-hybridized carbons (Fsp3) is 0.538. The number of nitrogens with two attached hydrogens (primary N) is 1. The molecule has 0 aromatic heterocycles. The predicted octanol–water partition coefficient (Wildman–Crippen LogP) is 4.75. The maximum atomic E-state index is 6.46. The van der Waals surface area contributed by atoms with Crippen molar-refractivity contribution in [2.45, 2.75) is 45.1 Å². The maximum absolute atomic E-state index is 6.46. The highest BCUT2D eigenvalue weighted by molar-refractivity contribution is 6.42. The molecule has 0 aliphatic carbocycles. The maximum Gasteiger partial charge on any atom is 0.0595 e. The quantitative estimate of drug-likeness (QED) is 0.812. The third-order valence-corrected chi connectivity index (χ3v) is 3.63. The Balaban J connectivity index is 3.05. The van der Waals surface area contributed by atoms with Crippen LogP contribution in [0.5, 0.6) is 0 Å². The first-order chi connectivity index (χ1) is 7.53. The molecular weight excluding hydrogens is 241 g/mol. The topological polar surface area (TPSA) is 26.0 Å². The van der Waals surface area contributed by atoms with E-state index in [1.54, 1.807) is 0 Å². The van der Waals surface area contributed by atoms with Crippen LogP contribution in [0.15, 0.2) is 18.2 Å². The molecule has 1 nitrogen and oxygen atoms in total. The number of rotatable bonds is 5. The summed E-state index contributed by atoms with van der Waals surface area (Å²) in [5.74, 6) is 0. The van der Waals surface area contributed by atoms with Crippen LogP contribution in [0.4, 0.5) is 0 Å². The lowest BCUT2D eigenvalue weighted by molar-refractivity contribution is 0.369. The Morgan fingerprint density at radius 1 is 1.06 bits per heavy atom. The number of benzene rings is 1. The van der Waals surface area contributed by atoms with Crippen LogP contribution in [0.25, 0.3) is 0 Å². The van der Waals surface area contributed by atoms with Crippen LogP contribution in [0, 0.1) is 0 Å². The molecule has 16 heavy (non-hydrogen) atoms. The molecule has 0 aliphatic heterocycles. The Labute approximate surface area is 108 Å². The molecule has 0 saturated heterocycles. The third-order valence-electron chi connectivity index (χ3n) is 2.89. The molecule has 0 bridgehead atoms. The fourth-order valence-corrected chi connectivity index (χ4v) is 2.41. The number of hydrogen-bond acceptors (Lipinski definition) is 1. The van der Waals surface area contributed by atoms with Crippen LogP contribution in [0.1, 0.15) is 45.1 Å². The van der Waals surface area contributed by atoms with E-state index in [4.69, 9.17) is 28.9 Å². The molecule has 1 aromatic carbocycles. The summed E-state index contributed by atoms with van der Waals surface area (Å²) in [7, 11) is 0. The minimum atomic E-state index is -0.266. The first kappa shape index (κ1) is 13.8. The second kappa shape index (κ2) is 5.90. The van der Waals surface area contributed by atoms with E-state index in [0.29, 0.717) is 10.0 Å². The lowest BCUT2D eigenvalue weighted by Gasteiger charge is -2.30. The van der Waals surface area contributed by atoms with Crippen molar-refractivity contribution in [1.29, 1.82) is 0 Å². The molecule has 0 heterocycles. The molecule has 0 aliphatic rings. The average Bonchev–Trinajstić information content (AvgIpc) is 2.22. The largest absolute Gasteiger partial charge is 0.321 e. The lowest BCUT2D eigenvalue weighted by atomic mass is 9.83. The monoisotopic (exact) mass is 259 g/mol. The summed E-state index contributed by atoms with van der Waals surface area (Å²) in [6, 6.07) is 5.71. The van der Waals surface area contributed by atoms with Crippen molar-refractivity contribution in [1.82, 2.24) is 0 Å². The summed E-state index contributed by atoms with van der Waals surface area (Å²) in [6.45, 7) is 4.30. The van der Waals surface area contributed by atoms with Crippen molar-refractivity contribution in [3.05, 3.63) is 33.8 Å². The smallest absolute Gasteiger partial charge is 0.0595 e. The standard InChI is InChI=1S/C13H19Cl2N/c1-3-7-13(16,8-4-2)10-5-6-11(14)12(15)9-10/h5-6,9H,3-4,7-8,16H2,1-2H3. The van der Waals surface area contributed by atoms with E-state index in [1.807, 2.05) is 18.2 Å². The molecule has 2 N–H and O–H groups in total. The SMILES string of the molecule is CCCC(N)(CCC)c1ccc(Cl)c(Cl)c1. The van der Waals surface area contributed by atoms with Crippen LogP contribution < -0.4 is 5.73 Å². The number of halogens is 2. The fourth-order valence-electron chi connectivity index (χ4n) is 2.11. The van der Waals surface area contributed by atoms with Gasteiger partial charge in [0.2, 0.25) is 0 Å². The molecule has 1 rings (SSSR count). The second-order valence-electron chi connectivity index (χ2n) is 4.29. The molecule has 0 saturated carbocycles. The Kier molecular flexibility index (Phi) is 5.10. The third kappa shape index (κ3) is 3.13. The summed E-state index contributed by atoms with van der Waals surface area (Å²) in [5, 5.41) is 1.17. The minimum absolute atomic E-state index is 0.266. The molecule has 0 spiro atoms. The first-order valence-corrected chi connectivity index (χ1v) is 6.53. The summed E-state index contributed by atoms with van der Waals surface area (Å²) in [5.41, 5.74) is 7.28. The van der Waals surface area contributed by atoms with Crippen LogP contribution in [0.3, 0.4) is 0 Å². The van der Waals surface area contributed by atoms with Gasteiger partial charge in [-0.25, -0.2) is 0 Å². The highest BCUT2D eigenvalue weighted by Crippen LogP contribution is 2.32. The van der Waals surface area contributed by atoms with Crippen molar-refractivity contribution in [2.24, 2.45) is 5.73 Å². The van der Waals surface area contributed by atoms with Gasteiger partial charge >= 0.3 is 0 Å². The van der Waals surface area contributed by atoms with Gasteiger partial charge in [0.1, 0.15) is 0 Å². The Bertz CT molecular complexity index is 344. The van der Waals surface area contributed by atoms with Gasteiger partial charge in [-0.15, -0.1) is 0 Å². The van der Waals surface area contributed by atoms with Gasteiger partial charge < -0.3 is 5.73 Å². The molecule has 1 aromatic rings. The van der Waals surface area contributed by atoms with E-state index in [1.165, 1.54) is 0 Å². The van der Waals surface area contributed by atoms with E-state index in [-0.39, 0.29) is 5.54 Å². The summed E-state index contributed by atoms with van der Waals surface area (Å²) >= 11 is 11.9.